The smallest absolute Gasteiger partial charge is 0.308 e. The summed E-state index contributed by atoms with van der Waals surface area (Å²) < 4.78 is 0. The maximum absolute atomic E-state index is 12.7. The number of likely N-dealkylation sites (tertiary alicyclic amines) is 1. The number of hydrogen-bond donors (Lipinski definition) is 1. The zero-order chi connectivity index (χ0) is 16.8. The fraction of sp³-hybridized carbons (Fsp3) is 0.579. The lowest BCUT2D eigenvalue weighted by atomic mass is 9.91. The topological polar surface area (TPSA) is 57.6 Å². The van der Waals surface area contributed by atoms with Gasteiger partial charge in [0.05, 0.1) is 5.92 Å². The molecule has 1 heterocycles. The van der Waals surface area contributed by atoms with E-state index in [9.17, 15) is 14.7 Å². The molecule has 0 aliphatic carbocycles. The third-order valence-corrected chi connectivity index (χ3v) is 4.88. The minimum Gasteiger partial charge on any atom is -0.481 e. The number of carboxylic acid groups (broad SMARTS) is 1. The van der Waals surface area contributed by atoms with Crippen molar-refractivity contribution in [2.75, 3.05) is 6.54 Å². The highest BCUT2D eigenvalue weighted by Gasteiger charge is 2.33. The van der Waals surface area contributed by atoms with E-state index in [-0.39, 0.29) is 17.9 Å². The Bertz CT molecular complexity index is 529. The van der Waals surface area contributed by atoms with Crippen LogP contribution in [-0.2, 0) is 16.0 Å². The lowest BCUT2D eigenvalue weighted by molar-refractivity contribution is -0.148. The van der Waals surface area contributed by atoms with Crippen molar-refractivity contribution in [3.8, 4) is 0 Å². The number of piperidine rings is 1. The van der Waals surface area contributed by atoms with Crippen molar-refractivity contribution >= 4 is 11.9 Å². The zero-order valence-corrected chi connectivity index (χ0v) is 14.1. The maximum Gasteiger partial charge on any atom is 0.308 e. The van der Waals surface area contributed by atoms with Crippen LogP contribution in [0.1, 0.15) is 45.1 Å². The van der Waals surface area contributed by atoms with Gasteiger partial charge < -0.3 is 10.0 Å². The number of amides is 1. The summed E-state index contributed by atoms with van der Waals surface area (Å²) in [5, 5.41) is 9.19. The van der Waals surface area contributed by atoms with Crippen LogP contribution in [0.4, 0.5) is 0 Å². The fourth-order valence-electron chi connectivity index (χ4n) is 3.28. The number of carboxylic acids is 1. The molecular weight excluding hydrogens is 290 g/mol. The van der Waals surface area contributed by atoms with Gasteiger partial charge in [0.25, 0.3) is 0 Å². The monoisotopic (exact) mass is 317 g/mol. The first-order chi connectivity index (χ1) is 11.0. The Morgan fingerprint density at radius 2 is 1.96 bits per heavy atom. The van der Waals surface area contributed by atoms with Crippen molar-refractivity contribution in [2.24, 2.45) is 11.8 Å². The lowest BCUT2D eigenvalue weighted by Gasteiger charge is -2.38. The number of hydrogen-bond acceptors (Lipinski definition) is 2. The maximum atomic E-state index is 12.7. The molecule has 3 unspecified atom stereocenters. The standard InChI is InChI=1S/C19H27NO3/c1-14(7-6-10-16-8-4-3-5-9-16)18(21)20-13-17(19(22)23)12-11-15(20)2/h3-5,8-9,14-15,17H,6-7,10-13H2,1-2H3,(H,22,23). The SMILES string of the molecule is CC(CCCc1ccccc1)C(=O)N1CC(C(=O)O)CCC1C. The number of nitrogens with zero attached hydrogens (tertiary/aromatic N) is 1. The van der Waals surface area contributed by atoms with E-state index in [1.807, 2.05) is 32.0 Å². The van der Waals surface area contributed by atoms with Gasteiger partial charge in [0, 0.05) is 18.5 Å². The Morgan fingerprint density at radius 1 is 1.26 bits per heavy atom. The second kappa shape index (κ2) is 8.14. The van der Waals surface area contributed by atoms with E-state index in [4.69, 9.17) is 0 Å². The van der Waals surface area contributed by atoms with Crippen molar-refractivity contribution in [1.82, 2.24) is 4.90 Å². The molecule has 1 saturated heterocycles. The summed E-state index contributed by atoms with van der Waals surface area (Å²) in [6.07, 6.45) is 4.24. The molecule has 23 heavy (non-hydrogen) atoms. The Morgan fingerprint density at radius 3 is 2.61 bits per heavy atom. The first-order valence-corrected chi connectivity index (χ1v) is 8.56. The van der Waals surface area contributed by atoms with Crippen LogP contribution in [-0.4, -0.2) is 34.5 Å². The molecule has 1 aliphatic heterocycles. The fourth-order valence-corrected chi connectivity index (χ4v) is 3.28. The molecule has 3 atom stereocenters. The third-order valence-electron chi connectivity index (χ3n) is 4.88. The normalized spacial score (nSPS) is 22.6. The molecule has 1 amide bonds. The van der Waals surface area contributed by atoms with Crippen LogP contribution < -0.4 is 0 Å². The van der Waals surface area contributed by atoms with Crippen LogP contribution in [0.25, 0.3) is 0 Å². The predicted molar refractivity (Wildman–Crippen MR) is 90.1 cm³/mol. The van der Waals surface area contributed by atoms with Gasteiger partial charge in [-0.15, -0.1) is 0 Å². The van der Waals surface area contributed by atoms with E-state index in [1.54, 1.807) is 4.90 Å². The molecule has 1 aromatic rings. The van der Waals surface area contributed by atoms with Crippen molar-refractivity contribution in [3.63, 3.8) is 0 Å². The zero-order valence-electron chi connectivity index (χ0n) is 14.1. The summed E-state index contributed by atoms with van der Waals surface area (Å²) in [4.78, 5) is 25.6. The van der Waals surface area contributed by atoms with Gasteiger partial charge in [-0.1, -0.05) is 37.3 Å². The van der Waals surface area contributed by atoms with E-state index in [1.165, 1.54) is 5.56 Å². The summed E-state index contributed by atoms with van der Waals surface area (Å²) in [7, 11) is 0. The molecule has 1 fully saturated rings. The Hall–Kier alpha value is -1.84. The van der Waals surface area contributed by atoms with E-state index in [2.05, 4.69) is 12.1 Å². The largest absolute Gasteiger partial charge is 0.481 e. The molecule has 2 rings (SSSR count). The molecular formula is C19H27NO3. The molecule has 4 nitrogen and oxygen atoms in total. The predicted octanol–water partition coefficient (Wildman–Crippen LogP) is 3.36. The Labute approximate surface area is 138 Å². The molecule has 0 spiro atoms. The van der Waals surface area contributed by atoms with Crippen molar-refractivity contribution < 1.29 is 14.7 Å². The molecule has 4 heteroatoms. The number of aryl methyl sites for hydroxylation is 1. The van der Waals surface area contributed by atoms with E-state index in [0.29, 0.717) is 13.0 Å². The average Bonchev–Trinajstić information content (AvgIpc) is 2.55. The first kappa shape index (κ1) is 17.5. The van der Waals surface area contributed by atoms with Gasteiger partial charge in [-0.05, 0) is 44.6 Å². The van der Waals surface area contributed by atoms with Crippen LogP contribution in [0.15, 0.2) is 30.3 Å². The molecule has 1 aromatic carbocycles. The summed E-state index contributed by atoms with van der Waals surface area (Å²) in [5.41, 5.74) is 1.30. The van der Waals surface area contributed by atoms with Crippen molar-refractivity contribution in [2.45, 2.75) is 52.0 Å². The van der Waals surface area contributed by atoms with Crippen molar-refractivity contribution in [1.29, 1.82) is 0 Å². The summed E-state index contributed by atoms with van der Waals surface area (Å²) in [5.74, 6) is -1.14. The molecule has 0 radical (unpaired) electrons. The van der Waals surface area contributed by atoms with Gasteiger partial charge in [0.2, 0.25) is 5.91 Å². The second-order valence-corrected chi connectivity index (χ2v) is 6.73. The molecule has 0 saturated carbocycles. The quantitative estimate of drug-likeness (QED) is 0.875. The number of benzene rings is 1. The second-order valence-electron chi connectivity index (χ2n) is 6.73. The number of carbonyl (C=O) groups is 2. The molecule has 1 aliphatic rings. The highest BCUT2D eigenvalue weighted by Crippen LogP contribution is 2.25. The summed E-state index contributed by atoms with van der Waals surface area (Å²) in [6, 6.07) is 10.4. The molecule has 126 valence electrons. The third kappa shape index (κ3) is 4.81. The van der Waals surface area contributed by atoms with Crippen LogP contribution in [0.5, 0.6) is 0 Å². The van der Waals surface area contributed by atoms with E-state index >= 15 is 0 Å². The first-order valence-electron chi connectivity index (χ1n) is 8.56. The molecule has 1 N–H and O–H groups in total. The Balaban J connectivity index is 1.84. The van der Waals surface area contributed by atoms with Crippen LogP contribution in [0.2, 0.25) is 0 Å². The van der Waals surface area contributed by atoms with Gasteiger partial charge in [0.15, 0.2) is 0 Å². The summed E-state index contributed by atoms with van der Waals surface area (Å²) >= 11 is 0. The van der Waals surface area contributed by atoms with Crippen LogP contribution >= 0.6 is 0 Å². The van der Waals surface area contributed by atoms with Gasteiger partial charge in [-0.3, -0.25) is 9.59 Å². The van der Waals surface area contributed by atoms with E-state index < -0.39 is 11.9 Å². The molecule has 0 aromatic heterocycles. The van der Waals surface area contributed by atoms with Gasteiger partial charge in [0.1, 0.15) is 0 Å². The minimum atomic E-state index is -0.786. The van der Waals surface area contributed by atoms with Gasteiger partial charge >= 0.3 is 5.97 Å². The highest BCUT2D eigenvalue weighted by atomic mass is 16.4. The molecule has 0 bridgehead atoms. The highest BCUT2D eigenvalue weighted by molar-refractivity contribution is 5.80. The number of carbonyl (C=O) groups excluding carboxylic acids is 1. The van der Waals surface area contributed by atoms with Gasteiger partial charge in [-0.2, -0.15) is 0 Å². The number of aliphatic carboxylic acids is 1. The minimum absolute atomic E-state index is 0.0475. The van der Waals surface area contributed by atoms with Crippen molar-refractivity contribution in [3.05, 3.63) is 35.9 Å². The number of rotatable bonds is 6. The van der Waals surface area contributed by atoms with Crippen LogP contribution in [0.3, 0.4) is 0 Å². The Kier molecular flexibility index (Phi) is 6.20. The lowest BCUT2D eigenvalue weighted by Crippen LogP contribution is -2.49. The van der Waals surface area contributed by atoms with E-state index in [0.717, 1.165) is 25.7 Å². The average molecular weight is 317 g/mol. The van der Waals surface area contributed by atoms with Crippen LogP contribution in [0, 0.1) is 11.8 Å². The summed E-state index contributed by atoms with van der Waals surface area (Å²) in [6.45, 7) is 4.34. The van der Waals surface area contributed by atoms with Gasteiger partial charge in [-0.25, -0.2) is 0 Å².